The van der Waals surface area contributed by atoms with Crippen LogP contribution in [0.2, 0.25) is 0 Å². The molecule has 174 valence electrons. The molecule has 5 rings (SSSR count). The fourth-order valence-corrected chi connectivity index (χ4v) is 4.46. The highest BCUT2D eigenvalue weighted by Gasteiger charge is 2.48. The predicted molar refractivity (Wildman–Crippen MR) is 122 cm³/mol. The molecular formula is C24H24N6O4. The first-order valence-corrected chi connectivity index (χ1v) is 11.0. The van der Waals surface area contributed by atoms with E-state index in [9.17, 15) is 14.4 Å². The van der Waals surface area contributed by atoms with Crippen molar-refractivity contribution in [2.24, 2.45) is 0 Å². The zero-order chi connectivity index (χ0) is 23.7. The lowest BCUT2D eigenvalue weighted by Crippen LogP contribution is -2.71. The number of rotatable bonds is 4. The number of hydrogen-bond donors (Lipinski definition) is 1. The summed E-state index contributed by atoms with van der Waals surface area (Å²) in [6, 6.07) is 12.1. The van der Waals surface area contributed by atoms with E-state index in [0.29, 0.717) is 6.54 Å². The van der Waals surface area contributed by atoms with Gasteiger partial charge in [0.25, 0.3) is 5.91 Å². The first kappa shape index (κ1) is 21.8. The molecule has 3 aromatic rings. The van der Waals surface area contributed by atoms with Crippen LogP contribution in [0.3, 0.4) is 0 Å². The number of benzene rings is 1. The second-order valence-electron chi connectivity index (χ2n) is 8.28. The number of para-hydroxylation sites is 1. The van der Waals surface area contributed by atoms with Crippen LogP contribution in [0.4, 0.5) is 4.79 Å². The van der Waals surface area contributed by atoms with E-state index in [1.54, 1.807) is 42.5 Å². The molecule has 2 saturated heterocycles. The number of hydrogen-bond acceptors (Lipinski definition) is 6. The molecule has 10 heteroatoms. The second-order valence-corrected chi connectivity index (χ2v) is 8.28. The molecule has 2 aromatic heterocycles. The lowest BCUT2D eigenvalue weighted by atomic mass is 10.1. The molecular weight excluding hydrogens is 436 g/mol. The molecule has 0 bridgehead atoms. The van der Waals surface area contributed by atoms with E-state index in [0.717, 1.165) is 22.0 Å². The van der Waals surface area contributed by atoms with Crippen LogP contribution in [0.1, 0.15) is 18.1 Å². The van der Waals surface area contributed by atoms with E-state index in [1.165, 1.54) is 9.96 Å². The quantitative estimate of drug-likeness (QED) is 0.635. The third kappa shape index (κ3) is 4.03. The summed E-state index contributed by atoms with van der Waals surface area (Å²) in [5.41, 5.74) is 2.59. The topological polar surface area (TPSA) is 108 Å². The van der Waals surface area contributed by atoms with E-state index < -0.39 is 18.2 Å². The highest BCUT2D eigenvalue weighted by Crippen LogP contribution is 2.27. The number of aromatic nitrogens is 2. The molecule has 10 nitrogen and oxygen atoms in total. The van der Waals surface area contributed by atoms with Crippen molar-refractivity contribution in [1.82, 2.24) is 30.1 Å². The first-order chi connectivity index (χ1) is 16.5. The van der Waals surface area contributed by atoms with Gasteiger partial charge >= 0.3 is 6.03 Å². The Morgan fingerprint density at radius 3 is 2.74 bits per heavy atom. The molecule has 1 N–H and O–H groups in total. The Balaban J connectivity index is 1.37. The van der Waals surface area contributed by atoms with Gasteiger partial charge in [-0.25, -0.2) is 4.79 Å². The summed E-state index contributed by atoms with van der Waals surface area (Å²) in [5, 5.41) is 4.96. The number of hydroxylamine groups is 2. The van der Waals surface area contributed by atoms with Crippen LogP contribution in [-0.2, 0) is 27.5 Å². The summed E-state index contributed by atoms with van der Waals surface area (Å²) >= 11 is 0. The zero-order valence-corrected chi connectivity index (χ0v) is 18.6. The zero-order valence-electron chi connectivity index (χ0n) is 18.6. The van der Waals surface area contributed by atoms with Gasteiger partial charge in [-0.05, 0) is 36.2 Å². The molecule has 0 aliphatic carbocycles. The maximum absolute atomic E-state index is 13.2. The average molecular weight is 460 g/mol. The molecule has 2 atom stereocenters. The van der Waals surface area contributed by atoms with Crippen molar-refractivity contribution in [3.63, 3.8) is 0 Å². The number of fused-ring (bicyclic) bond motifs is 2. The first-order valence-electron chi connectivity index (χ1n) is 11.0. The van der Waals surface area contributed by atoms with Crippen molar-refractivity contribution in [3.05, 3.63) is 72.2 Å². The number of piperazine rings is 1. The molecule has 34 heavy (non-hydrogen) atoms. The van der Waals surface area contributed by atoms with Gasteiger partial charge in [-0.3, -0.25) is 24.4 Å². The molecule has 4 amide bonds. The van der Waals surface area contributed by atoms with Gasteiger partial charge in [-0.1, -0.05) is 24.3 Å². The van der Waals surface area contributed by atoms with Crippen LogP contribution in [-0.4, -0.2) is 68.0 Å². The Bertz CT molecular complexity index is 1230. The Hall–Kier alpha value is -4.05. The van der Waals surface area contributed by atoms with Gasteiger partial charge in [0.1, 0.15) is 6.04 Å². The average Bonchev–Trinajstić information content (AvgIpc) is 2.86. The third-order valence-corrected chi connectivity index (χ3v) is 6.15. The second kappa shape index (κ2) is 9.06. The van der Waals surface area contributed by atoms with Gasteiger partial charge in [0, 0.05) is 37.1 Å². The van der Waals surface area contributed by atoms with E-state index >= 15 is 0 Å². The molecule has 2 aliphatic rings. The third-order valence-electron chi connectivity index (χ3n) is 6.15. The fourth-order valence-electron chi connectivity index (χ4n) is 4.46. The summed E-state index contributed by atoms with van der Waals surface area (Å²) in [6.45, 7) is 2.09. The fraction of sp³-hybridized carbons (Fsp3) is 0.292. The van der Waals surface area contributed by atoms with Crippen molar-refractivity contribution in [1.29, 1.82) is 0 Å². The predicted octanol–water partition coefficient (Wildman–Crippen LogP) is 1.67. The van der Waals surface area contributed by atoms with Crippen LogP contribution < -0.4 is 5.32 Å². The van der Waals surface area contributed by atoms with E-state index in [1.807, 2.05) is 30.3 Å². The standard InChI is InChI=1S/C24H24N6O4/c1-16-23(32)28(13-19-5-2-4-18-6-3-9-26-22(18)19)14-20-29(16)21(31)15-34-30(20)24(33)27-12-17-7-10-25-11-8-17/h2-11,16,20H,12-15H2,1H3,(H,27,33). The van der Waals surface area contributed by atoms with Crippen LogP contribution in [0.5, 0.6) is 0 Å². The summed E-state index contributed by atoms with van der Waals surface area (Å²) < 4.78 is 0. The smallest absolute Gasteiger partial charge is 0.332 e. The number of carbonyl (C=O) groups is 3. The summed E-state index contributed by atoms with van der Waals surface area (Å²) in [5.74, 6) is -0.507. The molecule has 2 aliphatic heterocycles. The molecule has 1 aromatic carbocycles. The van der Waals surface area contributed by atoms with E-state index in [-0.39, 0.29) is 31.5 Å². The highest BCUT2D eigenvalue weighted by atomic mass is 16.7. The van der Waals surface area contributed by atoms with Gasteiger partial charge in [-0.15, -0.1) is 0 Å². The molecule has 2 unspecified atom stereocenters. The molecule has 0 saturated carbocycles. The van der Waals surface area contributed by atoms with Gasteiger partial charge < -0.3 is 15.1 Å². The normalized spacial score (nSPS) is 20.4. The van der Waals surface area contributed by atoms with Crippen molar-refractivity contribution < 1.29 is 19.2 Å². The number of amides is 4. The van der Waals surface area contributed by atoms with Crippen LogP contribution in [0.25, 0.3) is 10.9 Å². The van der Waals surface area contributed by atoms with Crippen molar-refractivity contribution in [3.8, 4) is 0 Å². The molecule has 4 heterocycles. The Morgan fingerprint density at radius 2 is 1.91 bits per heavy atom. The lowest BCUT2D eigenvalue weighted by molar-refractivity contribution is -0.235. The van der Waals surface area contributed by atoms with E-state index in [4.69, 9.17) is 4.84 Å². The minimum atomic E-state index is -0.741. The Kier molecular flexibility index (Phi) is 5.81. The monoisotopic (exact) mass is 460 g/mol. The number of nitrogens with zero attached hydrogens (tertiary/aromatic N) is 5. The maximum atomic E-state index is 13.2. The molecule has 0 radical (unpaired) electrons. The minimum absolute atomic E-state index is 0.126. The summed E-state index contributed by atoms with van der Waals surface area (Å²) in [7, 11) is 0. The van der Waals surface area contributed by atoms with Crippen LogP contribution >= 0.6 is 0 Å². The van der Waals surface area contributed by atoms with Gasteiger partial charge in [0.05, 0.1) is 12.1 Å². The minimum Gasteiger partial charge on any atom is -0.332 e. The van der Waals surface area contributed by atoms with Crippen LogP contribution in [0, 0.1) is 0 Å². The number of nitrogens with one attached hydrogen (secondary N) is 1. The van der Waals surface area contributed by atoms with Gasteiger partial charge in [0.15, 0.2) is 12.8 Å². The van der Waals surface area contributed by atoms with E-state index in [2.05, 4.69) is 15.3 Å². The maximum Gasteiger partial charge on any atom is 0.343 e. The highest BCUT2D eigenvalue weighted by molar-refractivity contribution is 5.91. The number of urea groups is 1. The van der Waals surface area contributed by atoms with Crippen molar-refractivity contribution in [2.75, 3.05) is 13.2 Å². The number of carbonyl (C=O) groups excluding carboxylic acids is 3. The Labute approximate surface area is 196 Å². The van der Waals surface area contributed by atoms with Crippen molar-refractivity contribution in [2.45, 2.75) is 32.2 Å². The van der Waals surface area contributed by atoms with Crippen molar-refractivity contribution >= 4 is 28.7 Å². The number of pyridine rings is 2. The summed E-state index contributed by atoms with van der Waals surface area (Å²) in [4.78, 5) is 55.9. The van der Waals surface area contributed by atoms with Gasteiger partial charge in [0.2, 0.25) is 5.91 Å². The Morgan fingerprint density at radius 1 is 1.12 bits per heavy atom. The largest absolute Gasteiger partial charge is 0.343 e. The van der Waals surface area contributed by atoms with Gasteiger partial charge in [-0.2, -0.15) is 5.06 Å². The molecule has 2 fully saturated rings. The molecule has 0 spiro atoms. The summed E-state index contributed by atoms with van der Waals surface area (Å²) in [6.07, 6.45) is 4.27. The SMILES string of the molecule is CC1C(=O)N(Cc2cccc3cccnc23)CC2N(C(=O)NCc3ccncc3)OCC(=O)N12. The lowest BCUT2D eigenvalue weighted by Gasteiger charge is -2.50. The van der Waals surface area contributed by atoms with Crippen LogP contribution in [0.15, 0.2) is 61.1 Å².